The van der Waals surface area contributed by atoms with Gasteiger partial charge in [0.25, 0.3) is 5.91 Å². The van der Waals surface area contributed by atoms with Crippen molar-refractivity contribution in [2.45, 2.75) is 43.7 Å². The number of anilines is 1. The quantitative estimate of drug-likeness (QED) is 0.258. The summed E-state index contributed by atoms with van der Waals surface area (Å²) in [5.74, 6) is -7.01. The number of nitrogens with one attached hydrogen (secondary N) is 1. The first-order chi connectivity index (χ1) is 21.8. The summed E-state index contributed by atoms with van der Waals surface area (Å²) in [5.41, 5.74) is 4.14. The summed E-state index contributed by atoms with van der Waals surface area (Å²) >= 11 is 0. The molecule has 0 spiro atoms. The van der Waals surface area contributed by atoms with Crippen molar-refractivity contribution in [3.05, 3.63) is 70.2 Å². The third-order valence-corrected chi connectivity index (χ3v) is 9.90. The average molecular weight is 631 g/mol. The van der Waals surface area contributed by atoms with Crippen LogP contribution >= 0.6 is 0 Å². The molecule has 2 aromatic rings. The number of primary amides is 1. The first-order valence-electron chi connectivity index (χ1n) is 15.5. The Kier molecular flexibility index (Phi) is 7.99. The molecule has 1 heterocycles. The molecule has 1 unspecified atom stereocenters. The lowest BCUT2D eigenvalue weighted by Crippen LogP contribution is -2.63. The number of ketones is 2. The van der Waals surface area contributed by atoms with E-state index < -0.39 is 58.0 Å². The lowest BCUT2D eigenvalue weighted by molar-refractivity contribution is -0.148. The Labute approximate surface area is 265 Å². The van der Waals surface area contributed by atoms with Crippen molar-refractivity contribution in [1.82, 2.24) is 9.80 Å². The van der Waals surface area contributed by atoms with E-state index in [9.17, 15) is 39.6 Å². The van der Waals surface area contributed by atoms with Crippen LogP contribution in [0.1, 0.15) is 41.6 Å². The molecule has 12 nitrogen and oxygen atoms in total. The molecular formula is C34H38N4O8. The number of aliphatic hydroxyl groups excluding tert-OH is 2. The number of nitrogens with zero attached hydrogens (tertiary/aromatic N) is 2. The van der Waals surface area contributed by atoms with Gasteiger partial charge in [-0.3, -0.25) is 29.0 Å². The van der Waals surface area contributed by atoms with Gasteiger partial charge in [0.15, 0.2) is 11.4 Å². The fourth-order valence-electron chi connectivity index (χ4n) is 7.78. The Balaban J connectivity index is 1.34. The standard InChI is InChI=1S/C34H38N4O8/c1-37(2)28-22-15-18-14-21-20(17-6-8-19(9-7-17)36-24(40)16-38-12-4-3-5-13-38)10-11-23(39)26(21)29(41)25(18)31(43)34(22,46)32(44)27(30(28)42)33(35)45/h6-11,18,22,28,39,42-43,46H,3-5,12-16H2,1-2H3,(H2,35,45)(H,36,40)/t18-,22-,28?,34-/m0/s1. The van der Waals surface area contributed by atoms with Gasteiger partial charge >= 0.3 is 0 Å². The number of hydrogen-bond acceptors (Lipinski definition) is 10. The van der Waals surface area contributed by atoms with Crippen LogP contribution in [-0.4, -0.2) is 99.0 Å². The molecule has 6 rings (SSSR count). The first-order valence-corrected chi connectivity index (χ1v) is 15.5. The molecule has 2 amide bonds. The predicted molar refractivity (Wildman–Crippen MR) is 168 cm³/mol. The van der Waals surface area contributed by atoms with E-state index >= 15 is 0 Å². The highest BCUT2D eigenvalue weighted by atomic mass is 16.3. The van der Waals surface area contributed by atoms with E-state index in [0.29, 0.717) is 23.4 Å². The number of likely N-dealkylation sites (N-methyl/N-ethyl adjacent to an activating group) is 1. The second-order valence-corrected chi connectivity index (χ2v) is 12.9. The van der Waals surface area contributed by atoms with Gasteiger partial charge in [0.1, 0.15) is 22.8 Å². The maximum atomic E-state index is 14.0. The van der Waals surface area contributed by atoms with E-state index in [1.165, 1.54) is 17.4 Å². The monoisotopic (exact) mass is 630 g/mol. The molecule has 2 aromatic carbocycles. The summed E-state index contributed by atoms with van der Waals surface area (Å²) in [5, 5.41) is 48.0. The summed E-state index contributed by atoms with van der Waals surface area (Å²) in [6.45, 7) is 2.14. The highest BCUT2D eigenvalue weighted by Gasteiger charge is 2.63. The molecule has 0 aromatic heterocycles. The molecule has 12 heteroatoms. The van der Waals surface area contributed by atoms with Gasteiger partial charge in [-0.25, -0.2) is 0 Å². The summed E-state index contributed by atoms with van der Waals surface area (Å²) in [7, 11) is 3.17. The number of carbonyl (C=O) groups excluding carboxylic acids is 4. The maximum Gasteiger partial charge on any atom is 0.255 e. The number of hydrogen-bond donors (Lipinski definition) is 6. The van der Waals surface area contributed by atoms with Crippen LogP contribution in [-0.2, 0) is 20.8 Å². The number of phenolic OH excluding ortho intramolecular Hbond substituents is 1. The van der Waals surface area contributed by atoms with E-state index in [0.717, 1.165) is 31.5 Å². The van der Waals surface area contributed by atoms with Crippen molar-refractivity contribution in [3.8, 4) is 16.9 Å². The second kappa shape index (κ2) is 11.7. The van der Waals surface area contributed by atoms with E-state index in [2.05, 4.69) is 10.2 Å². The Bertz CT molecular complexity index is 1710. The molecule has 1 saturated heterocycles. The number of likely N-dealkylation sites (tertiary alicyclic amines) is 1. The number of aromatic hydroxyl groups is 1. The van der Waals surface area contributed by atoms with Gasteiger partial charge in [0.05, 0.1) is 18.2 Å². The molecular weight excluding hydrogens is 592 g/mol. The number of phenols is 1. The summed E-state index contributed by atoms with van der Waals surface area (Å²) in [6, 6.07) is 9.17. The normalized spacial score (nSPS) is 26.5. The minimum Gasteiger partial charge on any atom is -0.510 e. The fraction of sp³-hybridized carbons (Fsp3) is 0.412. The van der Waals surface area contributed by atoms with Crippen LogP contribution in [0, 0.1) is 11.8 Å². The lowest BCUT2D eigenvalue weighted by Gasteiger charge is -2.50. The highest BCUT2D eigenvalue weighted by molar-refractivity contribution is 6.25. The molecule has 3 aliphatic carbocycles. The third kappa shape index (κ3) is 4.97. The SMILES string of the molecule is CN(C)C1C(O)=C(C(N)=O)C(=O)[C@@]2(O)C(O)=C3C(=O)c4c(O)ccc(-c5ccc(NC(=O)CN6CCCCC6)cc5)c4C[C@H]3C[C@@H]12. The number of benzene rings is 2. The number of fused-ring (bicyclic) bond motifs is 3. The van der Waals surface area contributed by atoms with Crippen LogP contribution < -0.4 is 11.1 Å². The molecule has 0 radical (unpaired) electrons. The Morgan fingerprint density at radius 2 is 1.70 bits per heavy atom. The fourth-order valence-corrected chi connectivity index (χ4v) is 7.78. The molecule has 4 aliphatic rings. The summed E-state index contributed by atoms with van der Waals surface area (Å²) in [6.07, 6.45) is 3.54. The van der Waals surface area contributed by atoms with Crippen molar-refractivity contribution >= 4 is 29.1 Å². The van der Waals surface area contributed by atoms with Gasteiger partial charge in [-0.15, -0.1) is 0 Å². The molecule has 4 atom stereocenters. The Hall–Kier alpha value is -4.52. The maximum absolute atomic E-state index is 14.0. The number of aliphatic hydroxyl groups is 3. The molecule has 1 fully saturated rings. The topological polar surface area (TPSA) is 194 Å². The minimum atomic E-state index is -2.69. The van der Waals surface area contributed by atoms with Crippen LogP contribution in [0.4, 0.5) is 5.69 Å². The zero-order valence-corrected chi connectivity index (χ0v) is 25.7. The van der Waals surface area contributed by atoms with Crippen molar-refractivity contribution in [2.24, 2.45) is 17.6 Å². The molecule has 242 valence electrons. The van der Waals surface area contributed by atoms with Crippen molar-refractivity contribution < 1.29 is 39.6 Å². The predicted octanol–water partition coefficient (Wildman–Crippen LogP) is 2.21. The van der Waals surface area contributed by atoms with Crippen LogP contribution in [0.15, 0.2) is 59.1 Å². The van der Waals surface area contributed by atoms with Crippen molar-refractivity contribution in [1.29, 1.82) is 0 Å². The first kappa shape index (κ1) is 31.5. The van der Waals surface area contributed by atoms with Gasteiger partial charge in [-0.2, -0.15) is 0 Å². The van der Waals surface area contributed by atoms with Gasteiger partial charge in [-0.05, 0) is 93.7 Å². The van der Waals surface area contributed by atoms with E-state index in [-0.39, 0.29) is 35.6 Å². The Morgan fingerprint density at radius 3 is 2.33 bits per heavy atom. The third-order valence-electron chi connectivity index (χ3n) is 9.90. The summed E-state index contributed by atoms with van der Waals surface area (Å²) in [4.78, 5) is 55.9. The number of amides is 2. The molecule has 1 aliphatic heterocycles. The van der Waals surface area contributed by atoms with Crippen LogP contribution in [0.25, 0.3) is 11.1 Å². The average Bonchev–Trinajstić information content (AvgIpc) is 3.00. The van der Waals surface area contributed by atoms with E-state index in [1.54, 1.807) is 32.3 Å². The van der Waals surface area contributed by atoms with Gasteiger partial charge in [0.2, 0.25) is 11.7 Å². The summed E-state index contributed by atoms with van der Waals surface area (Å²) < 4.78 is 0. The van der Waals surface area contributed by atoms with E-state index in [1.807, 2.05) is 12.1 Å². The minimum absolute atomic E-state index is 0.00282. The zero-order chi connectivity index (χ0) is 33.1. The smallest absolute Gasteiger partial charge is 0.255 e. The molecule has 7 N–H and O–H groups in total. The molecule has 0 bridgehead atoms. The van der Waals surface area contributed by atoms with Crippen LogP contribution in [0.5, 0.6) is 5.75 Å². The van der Waals surface area contributed by atoms with Gasteiger partial charge < -0.3 is 31.5 Å². The molecule has 0 saturated carbocycles. The zero-order valence-electron chi connectivity index (χ0n) is 25.7. The lowest BCUT2D eigenvalue weighted by atomic mass is 9.58. The number of rotatable bonds is 6. The largest absolute Gasteiger partial charge is 0.510 e. The second-order valence-electron chi connectivity index (χ2n) is 12.9. The number of allylic oxidation sites excluding steroid dienone is 1. The van der Waals surface area contributed by atoms with Crippen molar-refractivity contribution in [3.63, 3.8) is 0 Å². The Morgan fingerprint density at radius 1 is 1.02 bits per heavy atom. The highest BCUT2D eigenvalue weighted by Crippen LogP contribution is 2.53. The molecule has 46 heavy (non-hydrogen) atoms. The number of Topliss-reactive ketones (excluding diaryl/α,β-unsaturated/α-hetero) is 2. The number of carbonyl (C=O) groups is 4. The number of nitrogens with two attached hydrogens (primary N) is 1. The number of piperidine rings is 1. The van der Waals surface area contributed by atoms with Gasteiger partial charge in [-0.1, -0.05) is 24.6 Å². The van der Waals surface area contributed by atoms with Crippen molar-refractivity contribution in [2.75, 3.05) is 39.0 Å². The van der Waals surface area contributed by atoms with Gasteiger partial charge in [0, 0.05) is 17.2 Å². The van der Waals surface area contributed by atoms with Crippen LogP contribution in [0.3, 0.4) is 0 Å². The van der Waals surface area contributed by atoms with E-state index in [4.69, 9.17) is 5.73 Å². The van der Waals surface area contributed by atoms with Crippen LogP contribution in [0.2, 0.25) is 0 Å².